The molecular weight excluding hydrogens is 220 g/mol. The van der Waals surface area contributed by atoms with Gasteiger partial charge >= 0.3 is 6.09 Å². The number of nitrogens with zero attached hydrogens (tertiary/aromatic N) is 1. The van der Waals surface area contributed by atoms with Crippen molar-refractivity contribution in [1.82, 2.24) is 0 Å². The molecule has 1 amide bonds. The molecular formula is C12H14N2O3. The van der Waals surface area contributed by atoms with Crippen molar-refractivity contribution in [1.29, 1.82) is 0 Å². The standard InChI is InChI=1S/C12H14N2O3/c1-8-7-17-11-6-9(2-3-10(11)13-8)14-4-5-16-12(14)15/h2-3,6,8,13H,4-5,7H2,1H3. The Morgan fingerprint density at radius 2 is 2.29 bits per heavy atom. The first kappa shape index (κ1) is 10.3. The molecule has 0 aromatic heterocycles. The van der Waals surface area contributed by atoms with E-state index in [2.05, 4.69) is 12.2 Å². The van der Waals surface area contributed by atoms with Crippen LogP contribution < -0.4 is 15.0 Å². The number of rotatable bonds is 1. The van der Waals surface area contributed by atoms with Gasteiger partial charge < -0.3 is 14.8 Å². The maximum Gasteiger partial charge on any atom is 0.414 e. The Kier molecular flexibility index (Phi) is 2.31. The summed E-state index contributed by atoms with van der Waals surface area (Å²) in [5, 5.41) is 3.33. The zero-order valence-corrected chi connectivity index (χ0v) is 9.60. The van der Waals surface area contributed by atoms with Crippen molar-refractivity contribution in [3.8, 4) is 5.75 Å². The first-order valence-corrected chi connectivity index (χ1v) is 5.72. The number of fused-ring (bicyclic) bond motifs is 1. The number of carbonyl (C=O) groups excluding carboxylic acids is 1. The van der Waals surface area contributed by atoms with Gasteiger partial charge in [-0.25, -0.2) is 4.79 Å². The number of nitrogens with one attached hydrogen (secondary N) is 1. The third-order valence-electron chi connectivity index (χ3n) is 2.93. The van der Waals surface area contributed by atoms with Crippen LogP contribution in [-0.4, -0.2) is 31.9 Å². The molecule has 5 nitrogen and oxygen atoms in total. The molecule has 3 rings (SSSR count). The second-order valence-corrected chi connectivity index (χ2v) is 4.30. The SMILES string of the molecule is CC1COc2cc(N3CCOC3=O)ccc2N1. The summed E-state index contributed by atoms with van der Waals surface area (Å²) in [6.45, 7) is 3.75. The molecule has 1 aromatic carbocycles. The average molecular weight is 234 g/mol. The highest BCUT2D eigenvalue weighted by molar-refractivity contribution is 5.90. The van der Waals surface area contributed by atoms with Crippen molar-refractivity contribution < 1.29 is 14.3 Å². The molecule has 0 spiro atoms. The van der Waals surface area contributed by atoms with Crippen molar-refractivity contribution in [2.45, 2.75) is 13.0 Å². The van der Waals surface area contributed by atoms with E-state index in [9.17, 15) is 4.79 Å². The Balaban J connectivity index is 1.90. The molecule has 90 valence electrons. The summed E-state index contributed by atoms with van der Waals surface area (Å²) >= 11 is 0. The molecule has 2 aliphatic heterocycles. The fraction of sp³-hybridized carbons (Fsp3) is 0.417. The second-order valence-electron chi connectivity index (χ2n) is 4.30. The van der Waals surface area contributed by atoms with E-state index in [4.69, 9.17) is 9.47 Å². The molecule has 2 aliphatic rings. The van der Waals surface area contributed by atoms with Gasteiger partial charge in [-0.2, -0.15) is 0 Å². The minimum atomic E-state index is -0.290. The third kappa shape index (κ3) is 1.77. The zero-order chi connectivity index (χ0) is 11.8. The molecule has 0 aliphatic carbocycles. The molecule has 1 aromatic rings. The van der Waals surface area contributed by atoms with Crippen LogP contribution >= 0.6 is 0 Å². The molecule has 1 fully saturated rings. The highest BCUT2D eigenvalue weighted by Crippen LogP contribution is 2.33. The zero-order valence-electron chi connectivity index (χ0n) is 9.60. The van der Waals surface area contributed by atoms with Gasteiger partial charge in [0.1, 0.15) is 19.0 Å². The Hall–Kier alpha value is -1.91. The Morgan fingerprint density at radius 1 is 1.41 bits per heavy atom. The van der Waals surface area contributed by atoms with Crippen LogP contribution in [0.5, 0.6) is 5.75 Å². The molecule has 2 heterocycles. The van der Waals surface area contributed by atoms with Gasteiger partial charge in [0, 0.05) is 6.07 Å². The van der Waals surface area contributed by atoms with E-state index in [1.807, 2.05) is 18.2 Å². The normalized spacial score (nSPS) is 22.5. The van der Waals surface area contributed by atoms with Crippen LogP contribution in [0.4, 0.5) is 16.2 Å². The Labute approximate surface area is 99.3 Å². The van der Waals surface area contributed by atoms with Crippen molar-refractivity contribution in [2.75, 3.05) is 30.0 Å². The van der Waals surface area contributed by atoms with E-state index in [1.165, 1.54) is 0 Å². The Morgan fingerprint density at radius 3 is 3.06 bits per heavy atom. The van der Waals surface area contributed by atoms with Crippen LogP contribution in [-0.2, 0) is 4.74 Å². The van der Waals surface area contributed by atoms with E-state index in [0.717, 1.165) is 17.1 Å². The lowest BCUT2D eigenvalue weighted by Crippen LogP contribution is -2.29. The molecule has 1 atom stereocenters. The maximum absolute atomic E-state index is 11.4. The average Bonchev–Trinajstić information content (AvgIpc) is 2.75. The molecule has 1 saturated heterocycles. The maximum atomic E-state index is 11.4. The second kappa shape index (κ2) is 3.84. The molecule has 0 bridgehead atoms. The predicted molar refractivity (Wildman–Crippen MR) is 63.7 cm³/mol. The minimum Gasteiger partial charge on any atom is -0.489 e. The van der Waals surface area contributed by atoms with Crippen molar-refractivity contribution in [2.24, 2.45) is 0 Å². The van der Waals surface area contributed by atoms with Crippen LogP contribution in [0, 0.1) is 0 Å². The highest BCUT2D eigenvalue weighted by atomic mass is 16.6. The summed E-state index contributed by atoms with van der Waals surface area (Å²) in [6, 6.07) is 6.03. The summed E-state index contributed by atoms with van der Waals surface area (Å²) in [6.07, 6.45) is -0.290. The van der Waals surface area contributed by atoms with Gasteiger partial charge in [-0.05, 0) is 19.1 Å². The minimum absolute atomic E-state index is 0.290. The number of benzene rings is 1. The van der Waals surface area contributed by atoms with Crippen molar-refractivity contribution >= 4 is 17.5 Å². The molecule has 0 radical (unpaired) electrons. The summed E-state index contributed by atoms with van der Waals surface area (Å²) in [7, 11) is 0. The number of cyclic esters (lactones) is 1. The monoisotopic (exact) mass is 234 g/mol. The number of ether oxygens (including phenoxy) is 2. The smallest absolute Gasteiger partial charge is 0.414 e. The lowest BCUT2D eigenvalue weighted by atomic mass is 10.2. The van der Waals surface area contributed by atoms with Crippen LogP contribution in [0.15, 0.2) is 18.2 Å². The molecule has 0 saturated carbocycles. The van der Waals surface area contributed by atoms with Gasteiger partial charge in [-0.15, -0.1) is 0 Å². The molecule has 17 heavy (non-hydrogen) atoms. The van der Waals surface area contributed by atoms with Gasteiger partial charge in [-0.1, -0.05) is 0 Å². The predicted octanol–water partition coefficient (Wildman–Crippen LogP) is 1.84. The summed E-state index contributed by atoms with van der Waals surface area (Å²) < 4.78 is 10.5. The van der Waals surface area contributed by atoms with E-state index in [-0.39, 0.29) is 6.09 Å². The van der Waals surface area contributed by atoms with Gasteiger partial charge in [0.25, 0.3) is 0 Å². The van der Waals surface area contributed by atoms with Crippen LogP contribution in [0.25, 0.3) is 0 Å². The van der Waals surface area contributed by atoms with E-state index < -0.39 is 0 Å². The largest absolute Gasteiger partial charge is 0.489 e. The fourth-order valence-electron chi connectivity index (χ4n) is 2.07. The van der Waals surface area contributed by atoms with Crippen molar-refractivity contribution in [3.63, 3.8) is 0 Å². The van der Waals surface area contributed by atoms with Crippen LogP contribution in [0.2, 0.25) is 0 Å². The first-order valence-electron chi connectivity index (χ1n) is 5.72. The molecule has 1 N–H and O–H groups in total. The Bertz CT molecular complexity index is 461. The summed E-state index contributed by atoms with van der Waals surface area (Å²) in [4.78, 5) is 13.1. The van der Waals surface area contributed by atoms with E-state index in [1.54, 1.807) is 4.90 Å². The number of anilines is 2. The topological polar surface area (TPSA) is 50.8 Å². The van der Waals surface area contributed by atoms with Crippen LogP contribution in [0.3, 0.4) is 0 Å². The van der Waals surface area contributed by atoms with Gasteiger partial charge in [0.15, 0.2) is 0 Å². The summed E-state index contributed by atoms with van der Waals surface area (Å²) in [5.41, 5.74) is 1.79. The number of amides is 1. The van der Waals surface area contributed by atoms with Gasteiger partial charge in [-0.3, -0.25) is 4.90 Å². The van der Waals surface area contributed by atoms with Gasteiger partial charge in [0.2, 0.25) is 0 Å². The number of hydrogen-bond donors (Lipinski definition) is 1. The molecule has 5 heteroatoms. The van der Waals surface area contributed by atoms with E-state index in [0.29, 0.717) is 25.8 Å². The fourth-order valence-corrected chi connectivity index (χ4v) is 2.07. The first-order chi connectivity index (χ1) is 8.24. The lowest BCUT2D eigenvalue weighted by Gasteiger charge is -2.26. The number of carbonyl (C=O) groups is 1. The van der Waals surface area contributed by atoms with Gasteiger partial charge in [0.05, 0.1) is 24.0 Å². The van der Waals surface area contributed by atoms with E-state index >= 15 is 0 Å². The summed E-state index contributed by atoms with van der Waals surface area (Å²) in [5.74, 6) is 0.792. The quantitative estimate of drug-likeness (QED) is 0.805. The molecule has 1 unspecified atom stereocenters. The highest BCUT2D eigenvalue weighted by Gasteiger charge is 2.25. The van der Waals surface area contributed by atoms with Crippen molar-refractivity contribution in [3.05, 3.63) is 18.2 Å². The third-order valence-corrected chi connectivity index (χ3v) is 2.93. The van der Waals surface area contributed by atoms with Crippen LogP contribution in [0.1, 0.15) is 6.92 Å². The lowest BCUT2D eigenvalue weighted by molar-refractivity contribution is 0.181. The number of hydrogen-bond acceptors (Lipinski definition) is 4.